The van der Waals surface area contributed by atoms with Gasteiger partial charge >= 0.3 is 0 Å². The van der Waals surface area contributed by atoms with Gasteiger partial charge < -0.3 is 14.4 Å². The first-order valence-electron chi connectivity index (χ1n) is 8.88. The van der Waals surface area contributed by atoms with E-state index in [-0.39, 0.29) is 12.1 Å². The molecule has 2 aliphatic heterocycles. The summed E-state index contributed by atoms with van der Waals surface area (Å²) in [6.45, 7) is 5.77. The molecule has 0 radical (unpaired) electrons. The minimum Gasteiger partial charge on any atom is -0.389 e. The third-order valence-corrected chi connectivity index (χ3v) is 5.03. The summed E-state index contributed by atoms with van der Waals surface area (Å²) in [7, 11) is 0. The molecule has 25 heavy (non-hydrogen) atoms. The van der Waals surface area contributed by atoms with Gasteiger partial charge in [-0.05, 0) is 31.6 Å². The highest BCUT2D eigenvalue weighted by atomic mass is 16.5. The molecule has 7 nitrogen and oxygen atoms in total. The van der Waals surface area contributed by atoms with Crippen LogP contribution in [-0.2, 0) is 11.3 Å². The largest absolute Gasteiger partial charge is 0.389 e. The molecule has 7 heteroatoms. The summed E-state index contributed by atoms with van der Waals surface area (Å²) >= 11 is 0. The second kappa shape index (κ2) is 7.61. The van der Waals surface area contributed by atoms with Crippen molar-refractivity contribution < 1.29 is 14.4 Å². The topological polar surface area (TPSA) is 74.9 Å². The molecule has 1 N–H and O–H groups in total. The van der Waals surface area contributed by atoms with Gasteiger partial charge in [-0.2, -0.15) is 0 Å². The Balaban J connectivity index is 1.35. The molecule has 0 aromatic carbocycles. The van der Waals surface area contributed by atoms with Crippen LogP contribution in [0.5, 0.6) is 0 Å². The van der Waals surface area contributed by atoms with E-state index in [1.54, 1.807) is 12.4 Å². The number of aromatic nitrogens is 2. The Morgan fingerprint density at radius 2 is 2.00 bits per heavy atom. The zero-order chi connectivity index (χ0) is 17.1. The third-order valence-electron chi connectivity index (χ3n) is 5.03. The highest BCUT2D eigenvalue weighted by Gasteiger charge is 2.32. The number of ether oxygens (including phenoxy) is 1. The fourth-order valence-corrected chi connectivity index (χ4v) is 3.63. The van der Waals surface area contributed by atoms with Crippen molar-refractivity contribution in [1.29, 1.82) is 0 Å². The lowest BCUT2D eigenvalue weighted by Gasteiger charge is -2.28. The Bertz CT molecular complexity index is 678. The lowest BCUT2D eigenvalue weighted by Crippen LogP contribution is -2.44. The maximum atomic E-state index is 10.0. The van der Waals surface area contributed by atoms with Gasteiger partial charge in [0.15, 0.2) is 5.76 Å². The first-order chi connectivity index (χ1) is 12.3. The zero-order valence-corrected chi connectivity index (χ0v) is 14.3. The predicted molar refractivity (Wildman–Crippen MR) is 91.8 cm³/mol. The van der Waals surface area contributed by atoms with Crippen LogP contribution in [0.3, 0.4) is 0 Å². The second-order valence-corrected chi connectivity index (χ2v) is 6.75. The molecule has 0 amide bonds. The van der Waals surface area contributed by atoms with Crippen LogP contribution in [0.2, 0.25) is 0 Å². The molecule has 2 saturated heterocycles. The molecule has 0 saturated carbocycles. The van der Waals surface area contributed by atoms with E-state index in [0.717, 1.165) is 56.2 Å². The number of hydrogen-bond acceptors (Lipinski definition) is 7. The van der Waals surface area contributed by atoms with E-state index in [1.165, 1.54) is 0 Å². The second-order valence-electron chi connectivity index (χ2n) is 6.75. The third kappa shape index (κ3) is 3.90. The molecule has 0 spiro atoms. The molecular weight excluding hydrogens is 320 g/mol. The average Bonchev–Trinajstić information content (AvgIpc) is 3.21. The van der Waals surface area contributed by atoms with Gasteiger partial charge in [0.1, 0.15) is 5.69 Å². The van der Waals surface area contributed by atoms with Gasteiger partial charge in [0.05, 0.1) is 31.9 Å². The summed E-state index contributed by atoms with van der Waals surface area (Å²) < 4.78 is 10.9. The number of nitrogens with zero attached hydrogens (tertiary/aromatic N) is 4. The smallest absolute Gasteiger partial charge is 0.151 e. The van der Waals surface area contributed by atoms with Crippen molar-refractivity contribution in [1.82, 2.24) is 19.9 Å². The number of aliphatic hydroxyl groups is 1. The molecule has 0 bridgehead atoms. The van der Waals surface area contributed by atoms with Gasteiger partial charge in [-0.15, -0.1) is 0 Å². The molecule has 4 rings (SSSR count). The lowest BCUT2D eigenvalue weighted by molar-refractivity contribution is 0.0835. The van der Waals surface area contributed by atoms with Gasteiger partial charge in [0, 0.05) is 37.1 Å². The van der Waals surface area contributed by atoms with Crippen molar-refractivity contribution in [3.05, 3.63) is 36.4 Å². The molecule has 2 aromatic rings. The molecular formula is C18H24N4O3. The number of pyridine rings is 1. The van der Waals surface area contributed by atoms with Crippen LogP contribution in [0, 0.1) is 0 Å². The van der Waals surface area contributed by atoms with Crippen LogP contribution in [0.25, 0.3) is 11.3 Å². The maximum absolute atomic E-state index is 10.0. The minimum atomic E-state index is -0.358. The number of aliphatic hydroxyl groups excluding tert-OH is 1. The normalized spacial score (nSPS) is 26.0. The summed E-state index contributed by atoms with van der Waals surface area (Å²) in [5.41, 5.74) is 1.86. The van der Waals surface area contributed by atoms with E-state index in [2.05, 4.69) is 19.9 Å². The van der Waals surface area contributed by atoms with Crippen molar-refractivity contribution in [3.63, 3.8) is 0 Å². The molecule has 0 unspecified atom stereocenters. The highest BCUT2D eigenvalue weighted by molar-refractivity contribution is 5.57. The fourth-order valence-electron chi connectivity index (χ4n) is 3.63. The van der Waals surface area contributed by atoms with Crippen LogP contribution < -0.4 is 0 Å². The summed E-state index contributed by atoms with van der Waals surface area (Å²) in [5, 5.41) is 14.2. The van der Waals surface area contributed by atoms with E-state index in [1.807, 2.05) is 18.2 Å². The monoisotopic (exact) mass is 344 g/mol. The van der Waals surface area contributed by atoms with Crippen molar-refractivity contribution in [2.24, 2.45) is 0 Å². The van der Waals surface area contributed by atoms with Crippen molar-refractivity contribution >= 4 is 0 Å². The zero-order valence-electron chi connectivity index (χ0n) is 14.3. The molecule has 2 fully saturated rings. The first kappa shape index (κ1) is 16.7. The number of rotatable bonds is 4. The summed E-state index contributed by atoms with van der Waals surface area (Å²) in [6.07, 6.45) is 4.24. The average molecular weight is 344 g/mol. The van der Waals surface area contributed by atoms with Crippen molar-refractivity contribution in [2.75, 3.05) is 39.4 Å². The molecule has 0 aliphatic carbocycles. The van der Waals surface area contributed by atoms with E-state index >= 15 is 0 Å². The quantitative estimate of drug-likeness (QED) is 0.887. The highest BCUT2D eigenvalue weighted by Crippen LogP contribution is 2.20. The minimum absolute atomic E-state index is 0.142. The van der Waals surface area contributed by atoms with Crippen LogP contribution in [0.15, 0.2) is 35.1 Å². The first-order valence-corrected chi connectivity index (χ1v) is 8.88. The van der Waals surface area contributed by atoms with Gasteiger partial charge in [-0.1, -0.05) is 5.16 Å². The SMILES string of the molecule is O[C@@H]1COC[C@H]1N1CCCN(Cc2cc(-c3ccncc3)no2)CC1. The van der Waals surface area contributed by atoms with Crippen LogP contribution in [0.1, 0.15) is 12.2 Å². The van der Waals surface area contributed by atoms with Gasteiger partial charge in [-0.3, -0.25) is 14.8 Å². The van der Waals surface area contributed by atoms with Gasteiger partial charge in [0.2, 0.25) is 0 Å². The van der Waals surface area contributed by atoms with Gasteiger partial charge in [-0.25, -0.2) is 0 Å². The lowest BCUT2D eigenvalue weighted by atomic mass is 10.2. The Labute approximate surface area is 147 Å². The van der Waals surface area contributed by atoms with E-state index in [0.29, 0.717) is 13.2 Å². The Hall–Kier alpha value is -1.80. The Morgan fingerprint density at radius 3 is 2.80 bits per heavy atom. The maximum Gasteiger partial charge on any atom is 0.151 e. The number of hydrogen-bond donors (Lipinski definition) is 1. The Kier molecular flexibility index (Phi) is 5.07. The molecule has 134 valence electrons. The van der Waals surface area contributed by atoms with Crippen LogP contribution in [-0.4, -0.2) is 76.6 Å². The predicted octanol–water partition coefficient (Wildman–Crippen LogP) is 1.00. The summed E-state index contributed by atoms with van der Waals surface area (Å²) in [5.74, 6) is 0.879. The fraction of sp³-hybridized carbons (Fsp3) is 0.556. The van der Waals surface area contributed by atoms with Gasteiger partial charge in [0.25, 0.3) is 0 Å². The summed E-state index contributed by atoms with van der Waals surface area (Å²) in [6, 6.07) is 6.01. The van der Waals surface area contributed by atoms with E-state index in [9.17, 15) is 5.11 Å². The summed E-state index contributed by atoms with van der Waals surface area (Å²) in [4.78, 5) is 8.78. The molecule has 4 heterocycles. The Morgan fingerprint density at radius 1 is 1.12 bits per heavy atom. The van der Waals surface area contributed by atoms with E-state index < -0.39 is 0 Å². The standard InChI is InChI=1S/C18H24N4O3/c23-18-13-24-12-17(18)22-7-1-6-21(8-9-22)11-15-10-16(20-25-15)14-2-4-19-5-3-14/h2-5,10,17-18,23H,1,6-9,11-13H2/t17-,18-/m1/s1. The molecule has 2 aliphatic rings. The van der Waals surface area contributed by atoms with Crippen LogP contribution in [0.4, 0.5) is 0 Å². The van der Waals surface area contributed by atoms with Crippen molar-refractivity contribution in [2.45, 2.75) is 25.1 Å². The van der Waals surface area contributed by atoms with E-state index in [4.69, 9.17) is 9.26 Å². The molecule has 2 aromatic heterocycles. The van der Waals surface area contributed by atoms with Crippen LogP contribution >= 0.6 is 0 Å². The van der Waals surface area contributed by atoms with Crippen molar-refractivity contribution in [3.8, 4) is 11.3 Å². The molecule has 2 atom stereocenters.